The summed E-state index contributed by atoms with van der Waals surface area (Å²) in [6.07, 6.45) is 3.32. The summed E-state index contributed by atoms with van der Waals surface area (Å²) in [5, 5.41) is 19.0. The Morgan fingerprint density at radius 1 is 1.62 bits per heavy atom. The van der Waals surface area contributed by atoms with E-state index in [1.165, 1.54) is 0 Å². The molecule has 1 rings (SSSR count). The van der Waals surface area contributed by atoms with Crippen LogP contribution in [-0.4, -0.2) is 21.8 Å². The van der Waals surface area contributed by atoms with Gasteiger partial charge in [-0.25, -0.2) is 0 Å². The highest BCUT2D eigenvalue weighted by molar-refractivity contribution is 5.71. The van der Waals surface area contributed by atoms with Crippen LogP contribution in [0.2, 0.25) is 0 Å². The normalized spacial score (nSPS) is 23.6. The van der Waals surface area contributed by atoms with Crippen LogP contribution in [-0.2, 0) is 4.79 Å². The predicted molar refractivity (Wildman–Crippen MR) is 49.4 cm³/mol. The van der Waals surface area contributed by atoms with Gasteiger partial charge in [0.05, 0.1) is 11.5 Å². The summed E-state index contributed by atoms with van der Waals surface area (Å²) in [6, 6.07) is 0. The van der Waals surface area contributed by atoms with E-state index >= 15 is 0 Å². The zero-order valence-electron chi connectivity index (χ0n) is 8.29. The van der Waals surface area contributed by atoms with Crippen LogP contribution in [0.4, 0.5) is 0 Å². The molecule has 1 saturated carbocycles. The van der Waals surface area contributed by atoms with E-state index < -0.39 is 17.5 Å². The van der Waals surface area contributed by atoms with E-state index in [1.807, 2.05) is 6.92 Å². The van der Waals surface area contributed by atoms with E-state index in [-0.39, 0.29) is 5.92 Å². The standard InChI is InChI=1S/C10H18O3/c1-3-4-8(9(11)12)10(2,13)7-5-6-7/h7-8,13H,3-6H2,1-2H3,(H,11,12). The van der Waals surface area contributed by atoms with Gasteiger partial charge in [-0.3, -0.25) is 4.79 Å². The van der Waals surface area contributed by atoms with Gasteiger partial charge in [0, 0.05) is 0 Å². The SMILES string of the molecule is CCCC(C(=O)O)C(C)(O)C1CC1. The molecule has 0 saturated heterocycles. The lowest BCUT2D eigenvalue weighted by atomic mass is 9.82. The van der Waals surface area contributed by atoms with Crippen LogP contribution in [0.1, 0.15) is 39.5 Å². The highest BCUT2D eigenvalue weighted by Crippen LogP contribution is 2.44. The van der Waals surface area contributed by atoms with Crippen LogP contribution < -0.4 is 0 Å². The molecule has 0 aliphatic heterocycles. The van der Waals surface area contributed by atoms with Gasteiger partial charge in [-0.1, -0.05) is 13.3 Å². The lowest BCUT2D eigenvalue weighted by Crippen LogP contribution is -2.41. The van der Waals surface area contributed by atoms with Crippen LogP contribution >= 0.6 is 0 Å². The molecule has 0 aromatic heterocycles. The first kappa shape index (κ1) is 10.5. The molecule has 1 fully saturated rings. The summed E-state index contributed by atoms with van der Waals surface area (Å²) < 4.78 is 0. The number of aliphatic hydroxyl groups is 1. The third-order valence-corrected chi connectivity index (χ3v) is 2.98. The second-order valence-electron chi connectivity index (χ2n) is 4.18. The molecule has 13 heavy (non-hydrogen) atoms. The molecule has 0 radical (unpaired) electrons. The van der Waals surface area contributed by atoms with Crippen molar-refractivity contribution in [2.24, 2.45) is 11.8 Å². The van der Waals surface area contributed by atoms with Crippen molar-refractivity contribution in [1.82, 2.24) is 0 Å². The molecule has 0 heterocycles. The van der Waals surface area contributed by atoms with E-state index in [4.69, 9.17) is 5.11 Å². The summed E-state index contributed by atoms with van der Waals surface area (Å²) in [5.41, 5.74) is -0.998. The number of carboxylic acid groups (broad SMARTS) is 1. The molecule has 0 aromatic carbocycles. The van der Waals surface area contributed by atoms with E-state index in [1.54, 1.807) is 6.92 Å². The van der Waals surface area contributed by atoms with Crippen molar-refractivity contribution in [2.45, 2.75) is 45.1 Å². The van der Waals surface area contributed by atoms with Gasteiger partial charge in [-0.05, 0) is 32.1 Å². The number of hydrogen-bond donors (Lipinski definition) is 2. The third kappa shape index (κ3) is 2.21. The minimum atomic E-state index is -0.998. The first-order valence-corrected chi connectivity index (χ1v) is 4.95. The Morgan fingerprint density at radius 3 is 2.46 bits per heavy atom. The van der Waals surface area contributed by atoms with Crippen molar-refractivity contribution in [3.63, 3.8) is 0 Å². The van der Waals surface area contributed by atoms with Crippen molar-refractivity contribution < 1.29 is 15.0 Å². The van der Waals surface area contributed by atoms with Crippen LogP contribution in [0.25, 0.3) is 0 Å². The summed E-state index contributed by atoms with van der Waals surface area (Å²) in [4.78, 5) is 10.9. The largest absolute Gasteiger partial charge is 0.481 e. The Hall–Kier alpha value is -0.570. The monoisotopic (exact) mass is 186 g/mol. The Kier molecular flexibility index (Phi) is 2.96. The van der Waals surface area contributed by atoms with Crippen molar-refractivity contribution in [3.05, 3.63) is 0 Å². The predicted octanol–water partition coefficient (Wildman–Crippen LogP) is 1.65. The first-order chi connectivity index (χ1) is 6.00. The van der Waals surface area contributed by atoms with Crippen molar-refractivity contribution in [2.75, 3.05) is 0 Å². The smallest absolute Gasteiger partial charge is 0.309 e. The fourth-order valence-electron chi connectivity index (χ4n) is 1.91. The van der Waals surface area contributed by atoms with Gasteiger partial charge in [0.2, 0.25) is 0 Å². The van der Waals surface area contributed by atoms with E-state index in [0.717, 1.165) is 19.3 Å². The molecular weight excluding hydrogens is 168 g/mol. The molecule has 1 aliphatic rings. The quantitative estimate of drug-likeness (QED) is 0.686. The van der Waals surface area contributed by atoms with Crippen molar-refractivity contribution in [3.8, 4) is 0 Å². The number of aliphatic carboxylic acids is 1. The number of carbonyl (C=O) groups is 1. The second kappa shape index (κ2) is 3.66. The van der Waals surface area contributed by atoms with Crippen LogP contribution in [0.5, 0.6) is 0 Å². The maximum Gasteiger partial charge on any atom is 0.309 e. The second-order valence-corrected chi connectivity index (χ2v) is 4.18. The van der Waals surface area contributed by atoms with Gasteiger partial charge >= 0.3 is 5.97 Å². The molecule has 76 valence electrons. The highest BCUT2D eigenvalue weighted by Gasteiger charge is 2.47. The zero-order valence-corrected chi connectivity index (χ0v) is 8.29. The molecule has 3 heteroatoms. The molecule has 0 bridgehead atoms. The summed E-state index contributed by atoms with van der Waals surface area (Å²) in [7, 11) is 0. The third-order valence-electron chi connectivity index (χ3n) is 2.98. The number of rotatable bonds is 5. The Morgan fingerprint density at radius 2 is 2.15 bits per heavy atom. The Balaban J connectivity index is 2.66. The van der Waals surface area contributed by atoms with Gasteiger partial charge < -0.3 is 10.2 Å². The molecule has 2 unspecified atom stereocenters. The zero-order chi connectivity index (χ0) is 10.1. The molecule has 2 atom stereocenters. The Labute approximate surface area is 78.8 Å². The molecular formula is C10H18O3. The minimum Gasteiger partial charge on any atom is -0.481 e. The first-order valence-electron chi connectivity index (χ1n) is 4.95. The number of hydrogen-bond acceptors (Lipinski definition) is 2. The van der Waals surface area contributed by atoms with Gasteiger partial charge in [0.15, 0.2) is 0 Å². The van der Waals surface area contributed by atoms with Crippen LogP contribution in [0.15, 0.2) is 0 Å². The van der Waals surface area contributed by atoms with E-state index in [9.17, 15) is 9.90 Å². The summed E-state index contributed by atoms with van der Waals surface area (Å²) in [6.45, 7) is 3.61. The summed E-state index contributed by atoms with van der Waals surface area (Å²) >= 11 is 0. The van der Waals surface area contributed by atoms with Crippen molar-refractivity contribution >= 4 is 5.97 Å². The van der Waals surface area contributed by atoms with E-state index in [2.05, 4.69) is 0 Å². The topological polar surface area (TPSA) is 57.5 Å². The van der Waals surface area contributed by atoms with Crippen LogP contribution in [0, 0.1) is 11.8 Å². The highest BCUT2D eigenvalue weighted by atomic mass is 16.4. The molecule has 0 amide bonds. The summed E-state index contributed by atoms with van der Waals surface area (Å²) in [5.74, 6) is -1.25. The van der Waals surface area contributed by atoms with Crippen molar-refractivity contribution in [1.29, 1.82) is 0 Å². The minimum absolute atomic E-state index is 0.208. The molecule has 1 aliphatic carbocycles. The average Bonchev–Trinajstić information content (AvgIpc) is 2.80. The maximum atomic E-state index is 10.9. The maximum absolute atomic E-state index is 10.9. The Bertz CT molecular complexity index is 194. The van der Waals surface area contributed by atoms with Gasteiger partial charge in [-0.2, -0.15) is 0 Å². The van der Waals surface area contributed by atoms with Gasteiger partial charge in [0.25, 0.3) is 0 Å². The average molecular weight is 186 g/mol. The van der Waals surface area contributed by atoms with Gasteiger partial charge in [-0.15, -0.1) is 0 Å². The molecule has 0 spiro atoms. The fraction of sp³-hybridized carbons (Fsp3) is 0.900. The van der Waals surface area contributed by atoms with Crippen LogP contribution in [0.3, 0.4) is 0 Å². The molecule has 2 N–H and O–H groups in total. The van der Waals surface area contributed by atoms with Gasteiger partial charge in [0.1, 0.15) is 0 Å². The lowest BCUT2D eigenvalue weighted by Gasteiger charge is -2.29. The number of carboxylic acids is 1. The fourth-order valence-corrected chi connectivity index (χ4v) is 1.91. The van der Waals surface area contributed by atoms with E-state index in [0.29, 0.717) is 6.42 Å². The lowest BCUT2D eigenvalue weighted by molar-refractivity contribution is -0.153. The molecule has 3 nitrogen and oxygen atoms in total. The molecule has 0 aromatic rings.